The highest BCUT2D eigenvalue weighted by Gasteiger charge is 2.30. The van der Waals surface area contributed by atoms with Gasteiger partial charge in [-0.25, -0.2) is 8.42 Å². The lowest BCUT2D eigenvalue weighted by molar-refractivity contribution is -0.130. The van der Waals surface area contributed by atoms with Gasteiger partial charge in [0.15, 0.2) is 9.84 Å². The van der Waals surface area contributed by atoms with Crippen LogP contribution in [0.3, 0.4) is 0 Å². The molecule has 1 aromatic carbocycles. The van der Waals surface area contributed by atoms with Crippen molar-refractivity contribution >= 4 is 21.4 Å². The van der Waals surface area contributed by atoms with Crippen molar-refractivity contribution < 1.29 is 13.2 Å². The number of sulfone groups is 1. The summed E-state index contributed by atoms with van der Waals surface area (Å²) in [6.07, 6.45) is 1.11. The Morgan fingerprint density at radius 3 is 2.27 bits per heavy atom. The van der Waals surface area contributed by atoms with E-state index in [1.54, 1.807) is 4.90 Å². The second kappa shape index (κ2) is 6.28. The summed E-state index contributed by atoms with van der Waals surface area (Å²) in [5.41, 5.74) is 3.71. The summed E-state index contributed by atoms with van der Waals surface area (Å²) in [7, 11) is -3.33. The summed E-state index contributed by atoms with van der Waals surface area (Å²) in [4.78, 5) is 16.2. The van der Waals surface area contributed by atoms with Gasteiger partial charge < -0.3 is 9.80 Å². The van der Waals surface area contributed by atoms with Crippen LogP contribution in [0.25, 0.3) is 0 Å². The van der Waals surface area contributed by atoms with Crippen LogP contribution in [-0.4, -0.2) is 56.9 Å². The van der Waals surface area contributed by atoms with Gasteiger partial charge in [0.1, 0.15) is 5.25 Å². The van der Waals surface area contributed by atoms with Crippen molar-refractivity contribution in [1.29, 1.82) is 0 Å². The molecule has 1 fully saturated rings. The molecule has 1 aromatic rings. The molecule has 1 atom stereocenters. The predicted octanol–water partition coefficient (Wildman–Crippen LogP) is 1.39. The molecular weight excluding hydrogens is 300 g/mol. The molecule has 0 aromatic heterocycles. The van der Waals surface area contributed by atoms with Gasteiger partial charge in [0, 0.05) is 38.1 Å². The Bertz CT molecular complexity index is 662. The topological polar surface area (TPSA) is 57.7 Å². The molecule has 1 saturated heterocycles. The van der Waals surface area contributed by atoms with Crippen LogP contribution >= 0.6 is 0 Å². The number of piperazine rings is 1. The molecule has 0 radical (unpaired) electrons. The Kier molecular flexibility index (Phi) is 4.80. The van der Waals surface area contributed by atoms with Crippen LogP contribution < -0.4 is 4.90 Å². The highest BCUT2D eigenvalue weighted by Crippen LogP contribution is 2.24. The van der Waals surface area contributed by atoms with Crippen LogP contribution in [0.5, 0.6) is 0 Å². The highest BCUT2D eigenvalue weighted by molar-refractivity contribution is 7.92. The molecule has 0 N–H and O–H groups in total. The van der Waals surface area contributed by atoms with Gasteiger partial charge in [-0.15, -0.1) is 0 Å². The van der Waals surface area contributed by atoms with E-state index in [1.807, 2.05) is 6.07 Å². The van der Waals surface area contributed by atoms with Gasteiger partial charge in [-0.2, -0.15) is 0 Å². The first-order chi connectivity index (χ1) is 10.2. The Hall–Kier alpha value is -1.56. The molecule has 0 spiro atoms. The van der Waals surface area contributed by atoms with E-state index in [2.05, 4.69) is 30.9 Å². The maximum Gasteiger partial charge on any atom is 0.240 e. The van der Waals surface area contributed by atoms with E-state index >= 15 is 0 Å². The Morgan fingerprint density at radius 2 is 1.73 bits per heavy atom. The van der Waals surface area contributed by atoms with E-state index in [0.29, 0.717) is 13.1 Å². The normalized spacial score (nSPS) is 17.5. The largest absolute Gasteiger partial charge is 0.368 e. The highest BCUT2D eigenvalue weighted by atomic mass is 32.2. The van der Waals surface area contributed by atoms with Gasteiger partial charge in [-0.05, 0) is 38.0 Å². The zero-order chi connectivity index (χ0) is 16.5. The third-order valence-corrected chi connectivity index (χ3v) is 5.98. The van der Waals surface area contributed by atoms with Crippen molar-refractivity contribution in [2.24, 2.45) is 0 Å². The van der Waals surface area contributed by atoms with Gasteiger partial charge in [-0.1, -0.05) is 12.1 Å². The fraction of sp³-hybridized carbons (Fsp3) is 0.562. The van der Waals surface area contributed by atoms with E-state index in [1.165, 1.54) is 23.7 Å². The molecule has 0 aliphatic carbocycles. The monoisotopic (exact) mass is 324 g/mol. The molecule has 1 heterocycles. The van der Waals surface area contributed by atoms with Crippen molar-refractivity contribution in [2.45, 2.75) is 26.0 Å². The zero-order valence-corrected chi connectivity index (χ0v) is 14.5. The Balaban J connectivity index is 2.05. The molecule has 22 heavy (non-hydrogen) atoms. The van der Waals surface area contributed by atoms with Crippen LogP contribution in [0.4, 0.5) is 5.69 Å². The van der Waals surface area contributed by atoms with Crippen LogP contribution in [-0.2, 0) is 14.6 Å². The molecule has 0 unspecified atom stereocenters. The number of carbonyl (C=O) groups is 1. The lowest BCUT2D eigenvalue weighted by atomic mass is 10.1. The molecule has 1 aliphatic heterocycles. The number of amides is 1. The average molecular weight is 324 g/mol. The zero-order valence-electron chi connectivity index (χ0n) is 13.7. The lowest BCUT2D eigenvalue weighted by Crippen LogP contribution is -2.52. The second-order valence-electron chi connectivity index (χ2n) is 6.00. The number of benzene rings is 1. The third-order valence-electron chi connectivity index (χ3n) is 4.50. The molecule has 2 rings (SSSR count). The lowest BCUT2D eigenvalue weighted by Gasteiger charge is -2.37. The molecule has 1 amide bonds. The van der Waals surface area contributed by atoms with Crippen molar-refractivity contribution in [1.82, 2.24) is 4.90 Å². The van der Waals surface area contributed by atoms with Crippen LogP contribution in [0.15, 0.2) is 18.2 Å². The third kappa shape index (κ3) is 3.43. The van der Waals surface area contributed by atoms with E-state index in [0.717, 1.165) is 19.3 Å². The average Bonchev–Trinajstić information content (AvgIpc) is 2.48. The molecule has 122 valence electrons. The number of carbonyl (C=O) groups excluding carboxylic acids is 1. The van der Waals surface area contributed by atoms with Crippen molar-refractivity contribution in [3.8, 4) is 0 Å². The first kappa shape index (κ1) is 16.8. The molecular formula is C16H24N2O3S. The molecule has 0 bridgehead atoms. The summed E-state index contributed by atoms with van der Waals surface area (Å²) < 4.78 is 23.1. The van der Waals surface area contributed by atoms with Gasteiger partial charge in [-0.3, -0.25) is 4.79 Å². The number of aryl methyl sites for hydroxylation is 1. The number of hydrogen-bond donors (Lipinski definition) is 0. The summed E-state index contributed by atoms with van der Waals surface area (Å²) in [5, 5.41) is -0.959. The van der Waals surface area contributed by atoms with Crippen molar-refractivity contribution in [2.75, 3.05) is 37.3 Å². The summed E-state index contributed by atoms with van der Waals surface area (Å²) in [6, 6.07) is 6.23. The summed E-state index contributed by atoms with van der Waals surface area (Å²) in [5.74, 6) is -0.289. The SMILES string of the molecule is Cc1cccc(N2CCN(C(=O)[C@@H](C)S(C)(=O)=O)CC2)c1C. The van der Waals surface area contributed by atoms with Gasteiger partial charge in [0.2, 0.25) is 5.91 Å². The predicted molar refractivity (Wildman–Crippen MR) is 89.0 cm³/mol. The minimum Gasteiger partial charge on any atom is -0.368 e. The minimum absolute atomic E-state index is 0.289. The number of rotatable bonds is 3. The Labute approximate surface area is 132 Å². The van der Waals surface area contributed by atoms with E-state index < -0.39 is 15.1 Å². The quantitative estimate of drug-likeness (QED) is 0.843. The van der Waals surface area contributed by atoms with Gasteiger partial charge >= 0.3 is 0 Å². The molecule has 1 aliphatic rings. The van der Waals surface area contributed by atoms with E-state index in [4.69, 9.17) is 0 Å². The molecule has 0 saturated carbocycles. The van der Waals surface area contributed by atoms with Crippen LogP contribution in [0, 0.1) is 13.8 Å². The standard InChI is InChI=1S/C16H24N2O3S/c1-12-6-5-7-15(13(12)2)17-8-10-18(11-9-17)16(19)14(3)22(4,20)21/h5-7,14H,8-11H2,1-4H3/t14-/m1/s1. The van der Waals surface area contributed by atoms with Gasteiger partial charge in [0.25, 0.3) is 0 Å². The summed E-state index contributed by atoms with van der Waals surface area (Å²) >= 11 is 0. The first-order valence-corrected chi connectivity index (χ1v) is 9.46. The number of anilines is 1. The number of hydrogen-bond acceptors (Lipinski definition) is 4. The van der Waals surface area contributed by atoms with E-state index in [9.17, 15) is 13.2 Å². The van der Waals surface area contributed by atoms with Crippen molar-refractivity contribution in [3.63, 3.8) is 0 Å². The Morgan fingerprint density at radius 1 is 1.14 bits per heavy atom. The summed E-state index contributed by atoms with van der Waals surface area (Å²) in [6.45, 7) is 8.24. The van der Waals surface area contributed by atoms with E-state index in [-0.39, 0.29) is 5.91 Å². The fourth-order valence-corrected chi connectivity index (χ4v) is 3.20. The second-order valence-corrected chi connectivity index (χ2v) is 8.37. The van der Waals surface area contributed by atoms with Crippen LogP contribution in [0.1, 0.15) is 18.1 Å². The minimum atomic E-state index is -3.33. The molecule has 5 nitrogen and oxygen atoms in total. The number of nitrogens with zero attached hydrogens (tertiary/aromatic N) is 2. The van der Waals surface area contributed by atoms with Crippen LogP contribution in [0.2, 0.25) is 0 Å². The van der Waals surface area contributed by atoms with Gasteiger partial charge in [0.05, 0.1) is 0 Å². The maximum atomic E-state index is 12.2. The maximum absolute atomic E-state index is 12.2. The fourth-order valence-electron chi connectivity index (χ4n) is 2.69. The smallest absolute Gasteiger partial charge is 0.240 e. The molecule has 6 heteroatoms. The first-order valence-electron chi connectivity index (χ1n) is 7.50. The van der Waals surface area contributed by atoms with Crippen molar-refractivity contribution in [3.05, 3.63) is 29.3 Å².